The van der Waals surface area contributed by atoms with Gasteiger partial charge in [0, 0.05) is 111 Å². The van der Waals surface area contributed by atoms with Crippen LogP contribution >= 0.6 is 0 Å². The number of carbonyl (C=O) groups is 8. The quantitative estimate of drug-likeness (QED) is 0.0595. The van der Waals surface area contributed by atoms with Gasteiger partial charge in [0.2, 0.25) is 35.1 Å². The Morgan fingerprint density at radius 1 is 0.556 bits per heavy atom. The second-order valence-electron chi connectivity index (χ2n) is 28.7. The summed E-state index contributed by atoms with van der Waals surface area (Å²) in [6.07, 6.45) is 8.04. The van der Waals surface area contributed by atoms with Gasteiger partial charge in [0.05, 0.1) is 39.1 Å². The number of aliphatic carboxylic acids is 2. The number of ether oxygens (including phenoxy) is 2. The molecule has 8 aliphatic heterocycles. The highest BCUT2D eigenvalue weighted by Crippen LogP contribution is 2.48. The molecule has 108 heavy (non-hydrogen) atoms. The molecule has 0 saturated carbocycles. The van der Waals surface area contributed by atoms with Crippen molar-refractivity contribution in [3.63, 3.8) is 0 Å². The summed E-state index contributed by atoms with van der Waals surface area (Å²) in [6, 6.07) is 28.5. The van der Waals surface area contributed by atoms with Gasteiger partial charge < -0.3 is 101 Å². The van der Waals surface area contributed by atoms with Crippen molar-refractivity contribution in [1.29, 1.82) is 0 Å². The average Bonchev–Trinajstić information content (AvgIpc) is 1.54. The number of carboxylic acids is 2. The van der Waals surface area contributed by atoms with Crippen molar-refractivity contribution in [2.75, 3.05) is 66.7 Å². The molecule has 6 aromatic rings. The van der Waals surface area contributed by atoms with Gasteiger partial charge in [-0.3, -0.25) is 48.0 Å². The van der Waals surface area contributed by atoms with E-state index in [4.69, 9.17) is 40.1 Å². The largest absolute Gasteiger partial charge is 0.547 e. The second-order valence-corrected chi connectivity index (χ2v) is 28.7. The molecule has 10 heterocycles. The van der Waals surface area contributed by atoms with Crippen molar-refractivity contribution in [2.24, 2.45) is 11.8 Å². The van der Waals surface area contributed by atoms with Crippen LogP contribution in [0.25, 0.3) is 33.0 Å². The zero-order valence-corrected chi connectivity index (χ0v) is 61.9. The molecule has 582 valence electrons. The summed E-state index contributed by atoms with van der Waals surface area (Å²) in [5.41, 5.74) is 7.36. The number of nitrogens with one attached hydrogen (secondary N) is 6. The molecule has 16 atom stereocenters. The molecule has 2 unspecified atom stereocenters. The molecular weight excluding hydrogens is 1400 g/mol. The minimum atomic E-state index is -2.44. The fraction of sp³-hybridized carbons (Fsp3) is 0.487. The average molecular weight is 1500 g/mol. The summed E-state index contributed by atoms with van der Waals surface area (Å²) in [7, 11) is 4.21. The fourth-order valence-electron chi connectivity index (χ4n) is 16.8. The normalized spacial score (nSPS) is 29.7. The van der Waals surface area contributed by atoms with E-state index in [1.54, 1.807) is 37.5 Å². The highest BCUT2D eigenvalue weighted by atomic mass is 16.7. The number of hydrogen-bond donors (Lipinski definition) is 14. The molecule has 14 N–H and O–H groups in total. The predicted molar refractivity (Wildman–Crippen MR) is 387 cm³/mol. The third-order valence-corrected chi connectivity index (χ3v) is 21.3. The lowest BCUT2D eigenvalue weighted by Crippen LogP contribution is -3.15. The Balaban J connectivity index is 0.000000182. The maximum absolute atomic E-state index is 14.2. The van der Waals surface area contributed by atoms with E-state index in [1.807, 2.05) is 84.9 Å². The number of aromatic amines is 2. The molecule has 2 aromatic heterocycles. The fourth-order valence-corrected chi connectivity index (χ4v) is 16.8. The molecule has 0 radical (unpaired) electrons. The second kappa shape index (κ2) is 33.7. The third-order valence-electron chi connectivity index (χ3n) is 21.3. The van der Waals surface area contributed by atoms with Gasteiger partial charge in [-0.1, -0.05) is 97.1 Å². The van der Waals surface area contributed by atoms with E-state index in [-0.39, 0.29) is 75.0 Å². The maximum atomic E-state index is 14.2. The lowest BCUT2D eigenvalue weighted by atomic mass is 9.79. The van der Waals surface area contributed by atoms with E-state index >= 15 is 0 Å². The number of nitrogens with zero attached hydrogens (tertiary/aromatic N) is 4. The number of hydrogen-bond acceptors (Lipinski definition) is 20. The standard InChI is InChI=1S/2C33H35N5O5.C4H6O6.4C2H6O/c2*1-32(35-29(39)21-15-23-22-10-6-11-24-28(22)20(17-34-24)16-25(23)36(2)18-21)31(41)38-26(14-19-8-4-3-5-9-19)30(40)37-13-7-12-27(37)33(38,42)43-32;5-1(3(7)8)2(6)4(9)10;4*1-2-3/h2*3-6,8-11,15,17,21,25-27,34,42H,7,12-14,16,18H2,1-2H3,(H,35,39);1-2,5-6H,(H,7,8)(H,9,10);4*3H,2H2,1H3/t2*21-,25-,26+,27+,32-,33+;1-,2-;;;;/m111..../s1. The van der Waals surface area contributed by atoms with Gasteiger partial charge in [-0.2, -0.15) is 0 Å². The van der Waals surface area contributed by atoms with Gasteiger partial charge in [0.1, 0.15) is 60.3 Å². The third kappa shape index (κ3) is 15.6. The number of rotatable bonds is 11. The number of fused-ring (bicyclic) bond motifs is 10. The first kappa shape index (κ1) is 81.2. The molecule has 4 aromatic carbocycles. The van der Waals surface area contributed by atoms with E-state index in [9.17, 15) is 58.8 Å². The minimum absolute atomic E-state index is 0.201. The summed E-state index contributed by atoms with van der Waals surface area (Å²) in [4.78, 5) is 118. The summed E-state index contributed by atoms with van der Waals surface area (Å²) >= 11 is 0. The minimum Gasteiger partial charge on any atom is -0.547 e. The van der Waals surface area contributed by atoms with Crippen LogP contribution in [-0.4, -0.2) is 256 Å². The first-order valence-corrected chi connectivity index (χ1v) is 36.8. The van der Waals surface area contributed by atoms with Crippen molar-refractivity contribution in [2.45, 2.75) is 165 Å². The van der Waals surface area contributed by atoms with Crippen LogP contribution in [0.15, 0.2) is 122 Å². The van der Waals surface area contributed by atoms with Crippen LogP contribution in [-0.2, 0) is 73.5 Å². The van der Waals surface area contributed by atoms with E-state index in [0.29, 0.717) is 51.9 Å². The highest BCUT2D eigenvalue weighted by Gasteiger charge is 2.72. The van der Waals surface area contributed by atoms with Crippen molar-refractivity contribution in [3.8, 4) is 0 Å². The Labute approximate surface area is 624 Å². The number of benzene rings is 4. The summed E-state index contributed by atoms with van der Waals surface area (Å²) < 4.78 is 12.5. The number of amides is 6. The molecule has 6 amide bonds. The molecular formula is C78H100N10O20. The zero-order valence-electron chi connectivity index (χ0n) is 61.9. The molecule has 0 spiro atoms. The van der Waals surface area contributed by atoms with Gasteiger partial charge in [0.25, 0.3) is 23.6 Å². The van der Waals surface area contributed by atoms with Crippen molar-refractivity contribution in [1.82, 2.24) is 40.2 Å². The lowest BCUT2D eigenvalue weighted by Gasteiger charge is -2.48. The number of aromatic nitrogens is 2. The molecule has 30 nitrogen and oxygen atoms in total. The van der Waals surface area contributed by atoms with E-state index in [1.165, 1.54) is 55.3 Å². The van der Waals surface area contributed by atoms with Crippen LogP contribution in [0.4, 0.5) is 0 Å². The molecule has 30 heteroatoms. The van der Waals surface area contributed by atoms with Crippen LogP contribution < -0.4 is 30.6 Å². The summed E-state index contributed by atoms with van der Waals surface area (Å²) in [6.45, 7) is 12.8. The van der Waals surface area contributed by atoms with Crippen molar-refractivity contribution >= 4 is 80.3 Å². The number of carbonyl (C=O) groups excluding carboxylic acids is 8. The number of aliphatic hydroxyl groups excluding tert-OH is 6. The van der Waals surface area contributed by atoms with Crippen molar-refractivity contribution in [3.05, 3.63) is 155 Å². The Bertz CT molecular complexity index is 4070. The molecule has 6 saturated heterocycles. The number of likely N-dealkylation sites (N-methyl/N-ethyl adjacent to an activating group) is 2. The summed E-state index contributed by atoms with van der Waals surface area (Å²) in [5.74, 6) is -11.5. The van der Waals surface area contributed by atoms with Gasteiger partial charge in [-0.05, 0) is 113 Å². The predicted octanol–water partition coefficient (Wildman–Crippen LogP) is -3.65. The number of H-pyrrole nitrogens is 2. The first-order chi connectivity index (χ1) is 51.5. The number of aliphatic hydroxyl groups is 8. The Kier molecular flexibility index (Phi) is 25.3. The monoisotopic (exact) mass is 1500 g/mol. The van der Waals surface area contributed by atoms with Gasteiger partial charge in [-0.15, -0.1) is 0 Å². The molecule has 0 bridgehead atoms. The highest BCUT2D eigenvalue weighted by molar-refractivity contribution is 6.03. The van der Waals surface area contributed by atoms with E-state index in [2.05, 4.69) is 71.4 Å². The number of piperazine rings is 2. The molecule has 6 fully saturated rings. The summed E-state index contributed by atoms with van der Waals surface area (Å²) in [5, 5.41) is 98.3. The number of carboxylic acid groups (broad SMARTS) is 2. The topological polar surface area (TPSA) is 440 Å². The van der Waals surface area contributed by atoms with Crippen LogP contribution in [0.1, 0.15) is 101 Å². The van der Waals surface area contributed by atoms with Gasteiger partial charge in [0.15, 0.2) is 0 Å². The Morgan fingerprint density at radius 3 is 1.23 bits per heavy atom. The van der Waals surface area contributed by atoms with Crippen LogP contribution in [0.2, 0.25) is 0 Å². The van der Waals surface area contributed by atoms with E-state index in [0.717, 1.165) is 57.3 Å². The number of quaternary nitrogens is 2. The van der Waals surface area contributed by atoms with Gasteiger partial charge in [-0.25, -0.2) is 0 Å². The van der Waals surface area contributed by atoms with Gasteiger partial charge >= 0.3 is 0 Å². The van der Waals surface area contributed by atoms with Crippen molar-refractivity contribution < 1.29 is 109 Å². The Morgan fingerprint density at radius 2 is 0.898 bits per heavy atom. The van der Waals surface area contributed by atoms with Crippen LogP contribution in [0, 0.1) is 11.8 Å². The van der Waals surface area contributed by atoms with E-state index < -0.39 is 95.2 Å². The first-order valence-electron chi connectivity index (χ1n) is 36.8. The molecule has 2 aliphatic carbocycles. The van der Waals surface area contributed by atoms with Crippen LogP contribution in [0.3, 0.4) is 0 Å². The molecule has 16 rings (SSSR count). The van der Waals surface area contributed by atoms with Crippen LogP contribution in [0.5, 0.6) is 0 Å². The Hall–Kier alpha value is -9.28. The maximum Gasteiger partial charge on any atom is 0.280 e. The SMILES string of the molecule is CCO.CCO.CCO.CCO.C[NH+]1C[C@H](C(=O)N[C@]2(C)O[C@@]3(O)[C@@H]4CCCN4C(=O)[C@H](Cc4ccccc4)N3C2=O)C=C2c3cccc4[nH]cc(c34)C[C@H]21.C[NH+]1C[C@H](C(=O)N[C@]2(C)O[C@@]3(O)[C@@H]4CCCN4C(=O)[C@H](Cc4ccccc4)N3C2=O)C=C2c3cccc4[nH]cc(c34)C[C@H]21.O=C([O-])[C@H](O)[C@@H](O)C(=O)[O-]. The smallest absolute Gasteiger partial charge is 0.280 e. The lowest BCUT2D eigenvalue weighted by molar-refractivity contribution is -0.900. The molecule has 10 aliphatic rings. The zero-order chi connectivity index (χ0) is 78.5.